The monoisotopic (exact) mass is 529 g/mol. The van der Waals surface area contributed by atoms with Crippen LogP contribution in [0.15, 0.2) is 77.7 Å². The number of aliphatic hydroxyl groups is 1. The molecule has 0 aromatic heterocycles. The van der Waals surface area contributed by atoms with Crippen LogP contribution in [0.4, 0.5) is 4.79 Å². The maximum atomic E-state index is 12.7. The van der Waals surface area contributed by atoms with E-state index in [1.54, 1.807) is 39.0 Å². The molecule has 0 heterocycles. The molecule has 0 aliphatic heterocycles. The van der Waals surface area contributed by atoms with E-state index in [1.807, 2.05) is 6.07 Å². The van der Waals surface area contributed by atoms with Gasteiger partial charge in [-0.2, -0.15) is 8.42 Å². The number of carbonyl (C=O) groups is 1. The molecule has 37 heavy (non-hydrogen) atoms. The van der Waals surface area contributed by atoms with E-state index >= 15 is 0 Å². The molecule has 0 radical (unpaired) electrons. The zero-order valence-electron chi connectivity index (χ0n) is 21.4. The van der Waals surface area contributed by atoms with Gasteiger partial charge in [0, 0.05) is 7.05 Å². The van der Waals surface area contributed by atoms with E-state index in [0.29, 0.717) is 22.8 Å². The largest absolute Gasteiger partial charge is 0.493 e. The van der Waals surface area contributed by atoms with Crippen LogP contribution >= 0.6 is 0 Å². The first-order chi connectivity index (χ1) is 17.4. The van der Waals surface area contributed by atoms with Gasteiger partial charge >= 0.3 is 16.2 Å². The molecule has 1 N–H and O–H groups in total. The molecule has 0 bridgehead atoms. The number of ether oxygens (including phenoxy) is 3. The summed E-state index contributed by atoms with van der Waals surface area (Å²) in [7, 11) is -1.05. The lowest BCUT2D eigenvalue weighted by molar-refractivity contribution is 0.0205. The van der Waals surface area contributed by atoms with Crippen molar-refractivity contribution in [1.29, 1.82) is 0 Å². The summed E-state index contributed by atoms with van der Waals surface area (Å²) in [5.41, 5.74) is -0.165. The first kappa shape index (κ1) is 27.8. The van der Waals surface area contributed by atoms with Crippen molar-refractivity contribution < 1.29 is 36.7 Å². The van der Waals surface area contributed by atoms with E-state index in [2.05, 4.69) is 0 Å². The number of amides is 1. The van der Waals surface area contributed by atoms with Crippen molar-refractivity contribution in [1.82, 2.24) is 4.90 Å². The van der Waals surface area contributed by atoms with Crippen LogP contribution in [0.25, 0.3) is 0 Å². The Morgan fingerprint density at radius 1 is 0.919 bits per heavy atom. The van der Waals surface area contributed by atoms with Gasteiger partial charge < -0.3 is 28.4 Å². The van der Waals surface area contributed by atoms with E-state index in [0.717, 1.165) is 0 Å². The molecule has 3 rings (SSSR count). The van der Waals surface area contributed by atoms with Crippen molar-refractivity contribution in [3.05, 3.63) is 78.4 Å². The van der Waals surface area contributed by atoms with Gasteiger partial charge in [-0.25, -0.2) is 4.79 Å². The molecule has 3 aromatic carbocycles. The lowest BCUT2D eigenvalue weighted by atomic mass is 10.1. The molecule has 1 amide bonds. The highest BCUT2D eigenvalue weighted by molar-refractivity contribution is 7.87. The maximum Gasteiger partial charge on any atom is 0.410 e. The minimum Gasteiger partial charge on any atom is -0.493 e. The zero-order valence-corrected chi connectivity index (χ0v) is 22.2. The van der Waals surface area contributed by atoms with Gasteiger partial charge in [0.25, 0.3) is 0 Å². The van der Waals surface area contributed by atoms with E-state index in [4.69, 9.17) is 18.4 Å². The van der Waals surface area contributed by atoms with E-state index < -0.39 is 27.9 Å². The summed E-state index contributed by atoms with van der Waals surface area (Å²) in [6, 6.07) is 18.8. The topological polar surface area (TPSA) is 112 Å². The summed E-state index contributed by atoms with van der Waals surface area (Å²) in [6.45, 7) is 5.27. The second kappa shape index (κ2) is 11.5. The molecule has 0 fully saturated rings. The molecule has 0 saturated heterocycles. The third-order valence-corrected chi connectivity index (χ3v) is 6.29. The lowest BCUT2D eigenvalue weighted by Gasteiger charge is -2.26. The number of hydrogen-bond acceptors (Lipinski definition) is 8. The molecule has 9 nitrogen and oxygen atoms in total. The minimum atomic E-state index is -4.11. The van der Waals surface area contributed by atoms with Crippen LogP contribution in [0.3, 0.4) is 0 Å². The van der Waals surface area contributed by atoms with Gasteiger partial charge in [-0.1, -0.05) is 24.3 Å². The Kier molecular flexibility index (Phi) is 8.67. The summed E-state index contributed by atoms with van der Waals surface area (Å²) in [5.74, 6) is 1.55. The van der Waals surface area contributed by atoms with Crippen LogP contribution in [0.5, 0.6) is 23.0 Å². The molecule has 0 spiro atoms. The fourth-order valence-electron chi connectivity index (χ4n) is 3.20. The van der Waals surface area contributed by atoms with Crippen molar-refractivity contribution >= 4 is 16.2 Å². The third-order valence-electron chi connectivity index (χ3n) is 5.03. The molecule has 0 aliphatic rings. The molecule has 3 aromatic rings. The predicted molar refractivity (Wildman–Crippen MR) is 138 cm³/mol. The van der Waals surface area contributed by atoms with Gasteiger partial charge in [0.15, 0.2) is 11.5 Å². The molecule has 1 atom stereocenters. The summed E-state index contributed by atoms with van der Waals surface area (Å²) in [5, 5.41) is 10.5. The molecular weight excluding hydrogens is 498 g/mol. The van der Waals surface area contributed by atoms with Gasteiger partial charge in [0.05, 0.1) is 19.8 Å². The zero-order chi connectivity index (χ0) is 27.2. The van der Waals surface area contributed by atoms with E-state index in [1.165, 1.54) is 67.6 Å². The molecular formula is C27H31NO8S. The van der Waals surface area contributed by atoms with Gasteiger partial charge in [0.1, 0.15) is 22.0 Å². The number of carbonyl (C=O) groups excluding carboxylic acids is 1. The molecule has 10 heteroatoms. The summed E-state index contributed by atoms with van der Waals surface area (Å²) in [4.78, 5) is 13.3. The summed E-state index contributed by atoms with van der Waals surface area (Å²) in [6.07, 6.45) is -1.56. The maximum absolute atomic E-state index is 12.7. The summed E-state index contributed by atoms with van der Waals surface area (Å²) < 4.78 is 47.0. The van der Waals surface area contributed by atoms with Gasteiger partial charge in [-0.05, 0) is 74.9 Å². The Morgan fingerprint density at radius 3 is 2.05 bits per heavy atom. The average Bonchev–Trinajstić information content (AvgIpc) is 2.84. The van der Waals surface area contributed by atoms with Crippen LogP contribution in [-0.2, 0) is 14.9 Å². The minimum absolute atomic E-state index is 0.00328. The normalized spacial score (nSPS) is 12.4. The Hall–Kier alpha value is -3.76. The predicted octanol–water partition coefficient (Wildman–Crippen LogP) is 5.16. The van der Waals surface area contributed by atoms with Gasteiger partial charge in [0.2, 0.25) is 0 Å². The van der Waals surface area contributed by atoms with Crippen molar-refractivity contribution in [3.63, 3.8) is 0 Å². The van der Waals surface area contributed by atoms with Gasteiger partial charge in [-0.3, -0.25) is 0 Å². The Balaban J connectivity index is 1.62. The highest BCUT2D eigenvalue weighted by Crippen LogP contribution is 2.31. The molecule has 0 saturated carbocycles. The van der Waals surface area contributed by atoms with Crippen LogP contribution in [-0.4, -0.2) is 50.8 Å². The number of methoxy groups -OCH3 is 1. The van der Waals surface area contributed by atoms with Crippen LogP contribution < -0.4 is 13.7 Å². The van der Waals surface area contributed by atoms with Crippen molar-refractivity contribution in [2.45, 2.75) is 37.4 Å². The van der Waals surface area contributed by atoms with Crippen LogP contribution in [0, 0.1) is 0 Å². The highest BCUT2D eigenvalue weighted by atomic mass is 32.2. The first-order valence-electron chi connectivity index (χ1n) is 11.5. The second-order valence-corrected chi connectivity index (χ2v) is 10.8. The SMILES string of the molecule is COc1ccccc1Oc1ccc(S(=O)(=O)Oc2ccc(C(O)CN(C)C(=O)OC(C)(C)C)cc2)cc1. The van der Waals surface area contributed by atoms with Crippen molar-refractivity contribution in [2.24, 2.45) is 0 Å². The molecule has 0 aliphatic carbocycles. The number of likely N-dealkylation sites (N-methyl/N-ethyl adjacent to an activating group) is 1. The Bertz CT molecular complexity index is 1300. The number of rotatable bonds is 9. The number of aliphatic hydroxyl groups excluding tert-OH is 1. The third kappa shape index (κ3) is 7.86. The second-order valence-electron chi connectivity index (χ2n) is 9.21. The number of nitrogens with zero attached hydrogens (tertiary/aromatic N) is 1. The molecule has 198 valence electrons. The number of benzene rings is 3. The smallest absolute Gasteiger partial charge is 0.410 e. The summed E-state index contributed by atoms with van der Waals surface area (Å²) >= 11 is 0. The quantitative estimate of drug-likeness (QED) is 0.379. The Morgan fingerprint density at radius 2 is 1.49 bits per heavy atom. The molecule has 1 unspecified atom stereocenters. The van der Waals surface area contributed by atoms with Crippen LogP contribution in [0.1, 0.15) is 32.4 Å². The van der Waals surface area contributed by atoms with Crippen LogP contribution in [0.2, 0.25) is 0 Å². The van der Waals surface area contributed by atoms with E-state index in [-0.39, 0.29) is 17.2 Å². The highest BCUT2D eigenvalue weighted by Gasteiger charge is 2.22. The fourth-order valence-corrected chi connectivity index (χ4v) is 4.13. The fraction of sp³-hybridized carbons (Fsp3) is 0.296. The number of hydrogen-bond donors (Lipinski definition) is 1. The van der Waals surface area contributed by atoms with Crippen molar-refractivity contribution in [2.75, 3.05) is 20.7 Å². The number of para-hydroxylation sites is 2. The van der Waals surface area contributed by atoms with Crippen molar-refractivity contribution in [3.8, 4) is 23.0 Å². The first-order valence-corrected chi connectivity index (χ1v) is 12.9. The average molecular weight is 530 g/mol. The standard InChI is InChI=1S/C27H31NO8S/c1-27(2,3)35-26(30)28(4)18-23(29)19-10-12-21(13-11-19)36-37(31,32)22-16-14-20(15-17-22)34-25-9-7-6-8-24(25)33-5/h6-17,23,29H,18H2,1-5H3. The van der Waals surface area contributed by atoms with E-state index in [9.17, 15) is 18.3 Å². The Labute approximate surface area is 217 Å². The van der Waals surface area contributed by atoms with Gasteiger partial charge in [-0.15, -0.1) is 0 Å². The lowest BCUT2D eigenvalue weighted by Crippen LogP contribution is -2.36.